The molecule has 0 fully saturated rings. The molecule has 0 radical (unpaired) electrons. The zero-order valence-electron chi connectivity index (χ0n) is 16.8. The van der Waals surface area contributed by atoms with Crippen LogP contribution in [-0.4, -0.2) is 13.2 Å². The Morgan fingerprint density at radius 3 is 2.04 bits per heavy atom. The van der Waals surface area contributed by atoms with Crippen molar-refractivity contribution in [2.45, 2.75) is 39.5 Å². The molecule has 0 aromatic heterocycles. The number of fused-ring (bicyclic) bond motifs is 1. The molecule has 0 unspecified atom stereocenters. The second-order valence-corrected chi connectivity index (χ2v) is 6.90. The molecule has 0 N–H and O–H groups in total. The van der Waals surface area contributed by atoms with Crippen molar-refractivity contribution in [3.63, 3.8) is 0 Å². The van der Waals surface area contributed by atoms with Gasteiger partial charge in [0.2, 0.25) is 0 Å². The maximum Gasteiger partial charge on any atom is 0.119 e. The summed E-state index contributed by atoms with van der Waals surface area (Å²) in [5.41, 5.74) is 2.00. The first-order valence-corrected chi connectivity index (χ1v) is 10.2. The molecule has 0 heterocycles. The number of hydrogen-bond donors (Lipinski definition) is 0. The summed E-state index contributed by atoms with van der Waals surface area (Å²) in [7, 11) is 0. The third-order valence-electron chi connectivity index (χ3n) is 4.51. The highest BCUT2D eigenvalue weighted by Crippen LogP contribution is 2.22. The Bertz CT molecular complexity index is 946. The summed E-state index contributed by atoms with van der Waals surface area (Å²) in [5.74, 6) is 8.32. The smallest absolute Gasteiger partial charge is 0.119 e. The van der Waals surface area contributed by atoms with Gasteiger partial charge in [-0.25, -0.2) is 0 Å². The van der Waals surface area contributed by atoms with Crippen LogP contribution >= 0.6 is 0 Å². The molecule has 0 amide bonds. The van der Waals surface area contributed by atoms with E-state index in [4.69, 9.17) is 9.47 Å². The van der Waals surface area contributed by atoms with Gasteiger partial charge in [0.05, 0.1) is 13.2 Å². The fourth-order valence-electron chi connectivity index (χ4n) is 2.93. The fraction of sp³-hybridized carbons (Fsp3) is 0.308. The summed E-state index contributed by atoms with van der Waals surface area (Å²) in [5, 5.41) is 2.35. The number of benzene rings is 3. The minimum Gasteiger partial charge on any atom is -0.494 e. The molecule has 0 aliphatic carbocycles. The molecule has 28 heavy (non-hydrogen) atoms. The number of ether oxygens (including phenoxy) is 2. The van der Waals surface area contributed by atoms with Gasteiger partial charge in [0.1, 0.15) is 11.5 Å². The molecule has 0 bridgehead atoms. The Balaban J connectivity index is 1.67. The van der Waals surface area contributed by atoms with E-state index in [0.717, 1.165) is 48.7 Å². The normalized spacial score (nSPS) is 10.4. The summed E-state index contributed by atoms with van der Waals surface area (Å²) in [6.07, 6.45) is 4.54. The highest BCUT2D eigenvalue weighted by atomic mass is 16.5. The highest BCUT2D eigenvalue weighted by Gasteiger charge is 1.99. The van der Waals surface area contributed by atoms with E-state index in [9.17, 15) is 0 Å². The van der Waals surface area contributed by atoms with E-state index in [1.807, 2.05) is 30.3 Å². The first-order valence-electron chi connectivity index (χ1n) is 10.2. The lowest BCUT2D eigenvalue weighted by molar-refractivity contribution is 0.306. The van der Waals surface area contributed by atoms with Crippen LogP contribution in [0.2, 0.25) is 0 Å². The van der Waals surface area contributed by atoms with E-state index in [-0.39, 0.29) is 0 Å². The highest BCUT2D eigenvalue weighted by molar-refractivity contribution is 5.85. The quantitative estimate of drug-likeness (QED) is 0.328. The second kappa shape index (κ2) is 10.4. The summed E-state index contributed by atoms with van der Waals surface area (Å²) in [6, 6.07) is 20.5. The van der Waals surface area contributed by atoms with Crippen molar-refractivity contribution in [3.8, 4) is 23.3 Å². The van der Waals surface area contributed by atoms with Crippen molar-refractivity contribution in [3.05, 3.63) is 71.8 Å². The lowest BCUT2D eigenvalue weighted by Crippen LogP contribution is -1.96. The Hall–Kier alpha value is -2.92. The van der Waals surface area contributed by atoms with Crippen LogP contribution < -0.4 is 9.47 Å². The van der Waals surface area contributed by atoms with Crippen LogP contribution in [0.1, 0.15) is 50.7 Å². The molecule has 144 valence electrons. The van der Waals surface area contributed by atoms with Gasteiger partial charge in [-0.2, -0.15) is 0 Å². The Labute approximate surface area is 168 Å². The van der Waals surface area contributed by atoms with Crippen molar-refractivity contribution >= 4 is 10.8 Å². The fourth-order valence-corrected chi connectivity index (χ4v) is 2.93. The van der Waals surface area contributed by atoms with E-state index >= 15 is 0 Å². The third-order valence-corrected chi connectivity index (χ3v) is 4.51. The molecule has 0 aliphatic rings. The van der Waals surface area contributed by atoms with Gasteiger partial charge in [-0.3, -0.25) is 0 Å². The molecule has 0 saturated heterocycles. The van der Waals surface area contributed by atoms with Gasteiger partial charge < -0.3 is 9.47 Å². The van der Waals surface area contributed by atoms with Gasteiger partial charge >= 0.3 is 0 Å². The Morgan fingerprint density at radius 1 is 0.607 bits per heavy atom. The van der Waals surface area contributed by atoms with Gasteiger partial charge in [-0.05, 0) is 72.1 Å². The lowest BCUT2D eigenvalue weighted by Gasteiger charge is -2.07. The molecule has 3 rings (SSSR count). The SMILES string of the molecule is CCCCCOc1ccc2cc(C#Cc3ccc(OCCC)cc3)ccc2c1. The predicted octanol–water partition coefficient (Wildman–Crippen LogP) is 6.60. The van der Waals surface area contributed by atoms with Crippen LogP contribution in [0.4, 0.5) is 0 Å². The molecule has 3 aromatic rings. The number of hydrogen-bond acceptors (Lipinski definition) is 2. The molecule has 0 saturated carbocycles. The molecule has 0 aliphatic heterocycles. The first-order chi connectivity index (χ1) is 13.8. The first kappa shape index (κ1) is 19.8. The van der Waals surface area contributed by atoms with Crippen LogP contribution in [-0.2, 0) is 0 Å². The summed E-state index contributed by atoms with van der Waals surface area (Å²) >= 11 is 0. The topological polar surface area (TPSA) is 18.5 Å². The molecule has 2 nitrogen and oxygen atoms in total. The van der Waals surface area contributed by atoms with Crippen LogP contribution in [0.15, 0.2) is 60.7 Å². The summed E-state index contributed by atoms with van der Waals surface area (Å²) < 4.78 is 11.5. The van der Waals surface area contributed by atoms with Gasteiger partial charge in [-0.15, -0.1) is 0 Å². The van der Waals surface area contributed by atoms with Crippen LogP contribution in [0.3, 0.4) is 0 Å². The molecule has 3 aromatic carbocycles. The zero-order chi connectivity index (χ0) is 19.6. The summed E-state index contributed by atoms with van der Waals surface area (Å²) in [4.78, 5) is 0. The van der Waals surface area contributed by atoms with Crippen molar-refractivity contribution in [1.29, 1.82) is 0 Å². The molecule has 2 heteroatoms. The number of unbranched alkanes of at least 4 members (excludes halogenated alkanes) is 2. The Kier molecular flexibility index (Phi) is 7.38. The van der Waals surface area contributed by atoms with E-state index in [1.165, 1.54) is 23.6 Å². The van der Waals surface area contributed by atoms with Crippen molar-refractivity contribution in [1.82, 2.24) is 0 Å². The average Bonchev–Trinajstić information content (AvgIpc) is 2.74. The minimum atomic E-state index is 0.744. The van der Waals surface area contributed by atoms with Crippen LogP contribution in [0.5, 0.6) is 11.5 Å². The standard InChI is InChI=1S/C26H28O2/c1-3-5-6-18-28-26-16-13-23-19-22(9-12-24(23)20-26)8-7-21-10-14-25(15-11-21)27-17-4-2/h9-16,19-20H,3-6,17-18H2,1-2H3. The zero-order valence-corrected chi connectivity index (χ0v) is 16.8. The van der Waals surface area contributed by atoms with Crippen molar-refractivity contribution < 1.29 is 9.47 Å². The molecular weight excluding hydrogens is 344 g/mol. The van der Waals surface area contributed by atoms with Crippen molar-refractivity contribution in [2.24, 2.45) is 0 Å². The molecule has 0 spiro atoms. The largest absolute Gasteiger partial charge is 0.494 e. The van der Waals surface area contributed by atoms with E-state index < -0.39 is 0 Å². The van der Waals surface area contributed by atoms with Crippen molar-refractivity contribution in [2.75, 3.05) is 13.2 Å². The minimum absolute atomic E-state index is 0.744. The monoisotopic (exact) mass is 372 g/mol. The Morgan fingerprint density at radius 2 is 1.25 bits per heavy atom. The average molecular weight is 373 g/mol. The van der Waals surface area contributed by atoms with Crippen LogP contribution in [0.25, 0.3) is 10.8 Å². The predicted molar refractivity (Wildman–Crippen MR) is 117 cm³/mol. The second-order valence-electron chi connectivity index (χ2n) is 6.90. The van der Waals surface area contributed by atoms with E-state index in [0.29, 0.717) is 0 Å². The lowest BCUT2D eigenvalue weighted by atomic mass is 10.1. The van der Waals surface area contributed by atoms with Gasteiger partial charge in [0, 0.05) is 11.1 Å². The third kappa shape index (κ3) is 5.79. The van der Waals surface area contributed by atoms with Gasteiger partial charge in [0.15, 0.2) is 0 Å². The maximum atomic E-state index is 5.85. The van der Waals surface area contributed by atoms with Gasteiger partial charge in [0.25, 0.3) is 0 Å². The maximum absolute atomic E-state index is 5.85. The molecular formula is C26H28O2. The molecule has 0 atom stereocenters. The number of rotatable bonds is 8. The van der Waals surface area contributed by atoms with E-state index in [1.54, 1.807) is 0 Å². The van der Waals surface area contributed by atoms with Gasteiger partial charge in [-0.1, -0.05) is 50.7 Å². The van der Waals surface area contributed by atoms with Crippen LogP contribution in [0, 0.1) is 11.8 Å². The summed E-state index contributed by atoms with van der Waals surface area (Å²) in [6.45, 7) is 5.83. The van der Waals surface area contributed by atoms with E-state index in [2.05, 4.69) is 56.0 Å².